The predicted octanol–water partition coefficient (Wildman–Crippen LogP) is 3.65. The van der Waals surface area contributed by atoms with Crippen LogP contribution in [0.2, 0.25) is 0 Å². The molecule has 3 nitrogen and oxygen atoms in total. The highest BCUT2D eigenvalue weighted by atomic mass is 79.9. The third kappa shape index (κ3) is 4.86. The summed E-state index contributed by atoms with van der Waals surface area (Å²) >= 11 is 2.87. The van der Waals surface area contributed by atoms with Gasteiger partial charge >= 0.3 is 6.18 Å². The molecule has 1 aromatic rings. The van der Waals surface area contributed by atoms with Gasteiger partial charge in [0, 0.05) is 31.7 Å². The Bertz CT molecular complexity index is 499. The van der Waals surface area contributed by atoms with Gasteiger partial charge in [-0.25, -0.2) is 4.39 Å². The molecule has 0 aromatic heterocycles. The highest BCUT2D eigenvalue weighted by Gasteiger charge is 2.46. The summed E-state index contributed by atoms with van der Waals surface area (Å²) in [7, 11) is 0. The van der Waals surface area contributed by atoms with Crippen LogP contribution in [0.15, 0.2) is 16.6 Å². The first kappa shape index (κ1) is 21.7. The van der Waals surface area contributed by atoms with E-state index in [-0.39, 0.29) is 42.4 Å². The molecule has 0 unspecified atom stereocenters. The van der Waals surface area contributed by atoms with E-state index in [1.807, 2.05) is 0 Å². The minimum atomic E-state index is -4.60. The summed E-state index contributed by atoms with van der Waals surface area (Å²) in [5.74, 6) is -1.40. The zero-order chi connectivity index (χ0) is 14.9. The first-order chi connectivity index (χ1) is 9.30. The van der Waals surface area contributed by atoms with Gasteiger partial charge in [-0.3, -0.25) is 4.90 Å². The number of phenolic OH excluding ortho intramolecular Hbond substituents is 1. The molecule has 2 N–H and O–H groups in total. The Balaban J connectivity index is 0.00000220. The molecule has 0 radical (unpaired) electrons. The van der Waals surface area contributed by atoms with E-state index < -0.39 is 29.3 Å². The number of hydrogen-bond acceptors (Lipinski definition) is 3. The Morgan fingerprint density at radius 3 is 2.23 bits per heavy atom. The second-order valence-corrected chi connectivity index (χ2v) is 5.41. The molecule has 1 saturated heterocycles. The molecule has 1 aliphatic rings. The molecule has 2 rings (SSSR count). The number of aromatic hydroxyl groups is 1. The third-order valence-corrected chi connectivity index (χ3v) is 3.78. The highest BCUT2D eigenvalue weighted by molar-refractivity contribution is 9.10. The number of benzene rings is 1. The number of hydrogen-bond donors (Lipinski definition) is 2. The van der Waals surface area contributed by atoms with E-state index >= 15 is 0 Å². The quantitative estimate of drug-likeness (QED) is 0.704. The summed E-state index contributed by atoms with van der Waals surface area (Å²) in [6.45, 7) is 1.20. The van der Waals surface area contributed by atoms with Crippen LogP contribution >= 0.6 is 40.7 Å². The van der Waals surface area contributed by atoms with Crippen LogP contribution in [-0.4, -0.2) is 42.4 Å². The fraction of sp³-hybridized carbons (Fsp3) is 0.500. The van der Waals surface area contributed by atoms with Crippen LogP contribution < -0.4 is 5.32 Å². The topological polar surface area (TPSA) is 35.5 Å². The Kier molecular flexibility index (Phi) is 8.43. The van der Waals surface area contributed by atoms with E-state index in [1.165, 1.54) is 4.90 Å². The molecule has 0 amide bonds. The summed E-state index contributed by atoms with van der Waals surface area (Å²) in [5, 5.41) is 12.8. The summed E-state index contributed by atoms with van der Waals surface area (Å²) in [4.78, 5) is 1.19. The largest absolute Gasteiger partial charge is 0.506 e. The van der Waals surface area contributed by atoms with Crippen molar-refractivity contribution in [2.24, 2.45) is 0 Å². The van der Waals surface area contributed by atoms with E-state index in [1.54, 1.807) is 0 Å². The maximum absolute atomic E-state index is 13.4. The molecule has 22 heavy (non-hydrogen) atoms. The molecule has 1 fully saturated rings. The van der Waals surface area contributed by atoms with Crippen molar-refractivity contribution in [1.82, 2.24) is 10.2 Å². The second kappa shape index (κ2) is 8.54. The fourth-order valence-corrected chi connectivity index (χ4v) is 2.76. The van der Waals surface area contributed by atoms with Gasteiger partial charge in [-0.05, 0) is 28.1 Å². The van der Waals surface area contributed by atoms with Gasteiger partial charge in [0.2, 0.25) is 0 Å². The van der Waals surface area contributed by atoms with Gasteiger partial charge in [0.25, 0.3) is 0 Å². The van der Waals surface area contributed by atoms with Crippen molar-refractivity contribution in [3.63, 3.8) is 0 Å². The van der Waals surface area contributed by atoms with Crippen LogP contribution in [0.1, 0.15) is 11.6 Å². The van der Waals surface area contributed by atoms with Gasteiger partial charge < -0.3 is 10.4 Å². The van der Waals surface area contributed by atoms with Crippen molar-refractivity contribution < 1.29 is 22.7 Å². The standard InChI is InChI=1S/C12H13BrF4N2O.2ClH/c13-9-6-7(14)5-8(10(9)20)11(12(15,16)17)19-3-1-18-2-4-19;;/h5-6,11,18,20H,1-4H2;2*1H/t11-;;/m1../s1. The Labute approximate surface area is 146 Å². The zero-order valence-corrected chi connectivity index (χ0v) is 14.4. The van der Waals surface area contributed by atoms with Gasteiger partial charge in [-0.2, -0.15) is 13.2 Å². The molecule has 1 atom stereocenters. The maximum atomic E-state index is 13.4. The van der Waals surface area contributed by atoms with Gasteiger partial charge in [0.05, 0.1) is 4.47 Å². The maximum Gasteiger partial charge on any atom is 0.408 e. The minimum Gasteiger partial charge on any atom is -0.506 e. The number of piperazine rings is 1. The first-order valence-corrected chi connectivity index (χ1v) is 6.79. The van der Waals surface area contributed by atoms with Crippen LogP contribution in [-0.2, 0) is 0 Å². The van der Waals surface area contributed by atoms with E-state index in [0.29, 0.717) is 13.1 Å². The lowest BCUT2D eigenvalue weighted by Crippen LogP contribution is -2.49. The van der Waals surface area contributed by atoms with E-state index in [9.17, 15) is 22.7 Å². The minimum absolute atomic E-state index is 0. The average Bonchev–Trinajstić information content (AvgIpc) is 2.35. The Morgan fingerprint density at radius 1 is 1.18 bits per heavy atom. The van der Waals surface area contributed by atoms with Crippen LogP contribution in [0.5, 0.6) is 5.75 Å². The number of rotatable bonds is 2. The molecule has 0 spiro atoms. The molecule has 1 aliphatic heterocycles. The summed E-state index contributed by atoms with van der Waals surface area (Å²) < 4.78 is 53.3. The van der Waals surface area contributed by atoms with E-state index in [4.69, 9.17) is 0 Å². The lowest BCUT2D eigenvalue weighted by Gasteiger charge is -2.36. The third-order valence-electron chi connectivity index (χ3n) is 3.18. The van der Waals surface area contributed by atoms with Gasteiger partial charge in [-0.15, -0.1) is 24.8 Å². The normalized spacial score (nSPS) is 17.3. The zero-order valence-electron chi connectivity index (χ0n) is 11.2. The van der Waals surface area contributed by atoms with Crippen LogP contribution in [0.3, 0.4) is 0 Å². The van der Waals surface area contributed by atoms with Crippen molar-refractivity contribution in [3.05, 3.63) is 28.0 Å². The first-order valence-electron chi connectivity index (χ1n) is 6.00. The molecule has 10 heteroatoms. The highest BCUT2D eigenvalue weighted by Crippen LogP contribution is 2.43. The number of nitrogens with zero attached hydrogens (tertiary/aromatic N) is 1. The van der Waals surface area contributed by atoms with Gasteiger partial charge in [0.15, 0.2) is 0 Å². The van der Waals surface area contributed by atoms with E-state index in [2.05, 4.69) is 21.2 Å². The molecule has 0 saturated carbocycles. The van der Waals surface area contributed by atoms with Crippen LogP contribution in [0, 0.1) is 5.82 Å². The molecule has 128 valence electrons. The van der Waals surface area contributed by atoms with Crippen LogP contribution in [0.25, 0.3) is 0 Å². The second-order valence-electron chi connectivity index (χ2n) is 4.56. The summed E-state index contributed by atoms with van der Waals surface area (Å²) in [6, 6.07) is -0.346. The summed E-state index contributed by atoms with van der Waals surface area (Å²) in [6.07, 6.45) is -4.60. The lowest BCUT2D eigenvalue weighted by atomic mass is 10.0. The number of alkyl halides is 3. The molecule has 0 bridgehead atoms. The van der Waals surface area contributed by atoms with Crippen molar-refractivity contribution in [1.29, 1.82) is 0 Å². The average molecular weight is 430 g/mol. The molecule has 1 aromatic carbocycles. The number of nitrogens with one attached hydrogen (secondary N) is 1. The lowest BCUT2D eigenvalue weighted by molar-refractivity contribution is -0.188. The van der Waals surface area contributed by atoms with Crippen molar-refractivity contribution in [2.75, 3.05) is 26.2 Å². The van der Waals surface area contributed by atoms with Crippen molar-refractivity contribution >= 4 is 40.7 Å². The molecular weight excluding hydrogens is 415 g/mol. The molecule has 0 aliphatic carbocycles. The fourth-order valence-electron chi connectivity index (χ4n) is 2.31. The van der Waals surface area contributed by atoms with Crippen molar-refractivity contribution in [3.8, 4) is 5.75 Å². The van der Waals surface area contributed by atoms with Gasteiger partial charge in [-0.1, -0.05) is 0 Å². The van der Waals surface area contributed by atoms with Crippen molar-refractivity contribution in [2.45, 2.75) is 12.2 Å². The Morgan fingerprint density at radius 2 is 1.73 bits per heavy atom. The molecular formula is C12H15BrCl2F4N2O. The Hall–Kier alpha value is -0.280. The molecule has 1 heterocycles. The predicted molar refractivity (Wildman–Crippen MR) is 83.5 cm³/mol. The monoisotopic (exact) mass is 428 g/mol. The SMILES string of the molecule is Cl.Cl.Oc1c(Br)cc(F)cc1[C@@H](N1CCNCC1)C(F)(F)F. The number of halogens is 7. The summed E-state index contributed by atoms with van der Waals surface area (Å²) in [5.41, 5.74) is -0.466. The smallest absolute Gasteiger partial charge is 0.408 e. The van der Waals surface area contributed by atoms with Crippen LogP contribution in [0.4, 0.5) is 17.6 Å². The van der Waals surface area contributed by atoms with E-state index in [0.717, 1.165) is 12.1 Å². The van der Waals surface area contributed by atoms with Gasteiger partial charge in [0.1, 0.15) is 17.6 Å². The number of phenols is 1.